The van der Waals surface area contributed by atoms with Crippen LogP contribution >= 0.6 is 24.0 Å². The molecule has 1 aliphatic rings. The average Bonchev–Trinajstić information content (AvgIpc) is 3.11. The second-order valence-corrected chi connectivity index (χ2v) is 7.49. The van der Waals surface area contributed by atoms with Gasteiger partial charge in [-0.2, -0.15) is 0 Å². The van der Waals surface area contributed by atoms with Crippen molar-refractivity contribution in [2.45, 2.75) is 45.6 Å². The second-order valence-electron chi connectivity index (χ2n) is 7.49. The lowest BCUT2D eigenvalue weighted by atomic mass is 9.83. The van der Waals surface area contributed by atoms with Crippen molar-refractivity contribution in [3.05, 3.63) is 29.8 Å². The molecule has 0 spiro atoms. The SMILES string of the molecule is CCOCCC1(CNC(=NC)NCc2ccc(N(C)C)cc2)CCCC1.I. The molecular formula is C21H37IN4O. The van der Waals surface area contributed by atoms with Gasteiger partial charge in [0.2, 0.25) is 0 Å². The highest BCUT2D eigenvalue weighted by Gasteiger charge is 2.33. The van der Waals surface area contributed by atoms with Crippen molar-refractivity contribution in [3.63, 3.8) is 0 Å². The third-order valence-electron chi connectivity index (χ3n) is 5.41. The van der Waals surface area contributed by atoms with Crippen molar-refractivity contribution in [1.82, 2.24) is 10.6 Å². The summed E-state index contributed by atoms with van der Waals surface area (Å²) in [5.41, 5.74) is 2.83. The maximum atomic E-state index is 5.61. The van der Waals surface area contributed by atoms with E-state index in [9.17, 15) is 0 Å². The van der Waals surface area contributed by atoms with E-state index in [0.29, 0.717) is 5.41 Å². The number of ether oxygens (including phenoxy) is 1. The van der Waals surface area contributed by atoms with Gasteiger partial charge in [0.25, 0.3) is 0 Å². The lowest BCUT2D eigenvalue weighted by Gasteiger charge is -2.30. The van der Waals surface area contributed by atoms with Crippen molar-refractivity contribution in [1.29, 1.82) is 0 Å². The van der Waals surface area contributed by atoms with Crippen LogP contribution in [0, 0.1) is 5.41 Å². The number of nitrogens with one attached hydrogen (secondary N) is 2. The van der Waals surface area contributed by atoms with Crippen LogP contribution in [0.1, 0.15) is 44.6 Å². The van der Waals surface area contributed by atoms with Gasteiger partial charge in [-0.05, 0) is 49.3 Å². The standard InChI is InChI=1S/C21H36N4O.HI/c1-5-26-15-14-21(12-6-7-13-21)17-24-20(22-2)23-16-18-8-10-19(11-9-18)25(3)4;/h8-11H,5-7,12-17H2,1-4H3,(H2,22,23,24);1H. The predicted molar refractivity (Wildman–Crippen MR) is 126 cm³/mol. The molecule has 0 aromatic heterocycles. The van der Waals surface area contributed by atoms with E-state index in [1.54, 1.807) is 0 Å². The fourth-order valence-corrected chi connectivity index (χ4v) is 3.66. The van der Waals surface area contributed by atoms with Crippen LogP contribution in [0.25, 0.3) is 0 Å². The van der Waals surface area contributed by atoms with Gasteiger partial charge in [0, 0.05) is 53.1 Å². The number of rotatable bonds is 9. The number of hydrogen-bond donors (Lipinski definition) is 2. The normalized spacial score (nSPS) is 15.9. The fourth-order valence-electron chi connectivity index (χ4n) is 3.66. The van der Waals surface area contributed by atoms with Crippen LogP contribution in [0.4, 0.5) is 5.69 Å². The van der Waals surface area contributed by atoms with Gasteiger partial charge in [0.1, 0.15) is 0 Å². The number of aliphatic imine (C=N–C) groups is 1. The monoisotopic (exact) mass is 488 g/mol. The molecule has 0 bridgehead atoms. The highest BCUT2D eigenvalue weighted by Crippen LogP contribution is 2.40. The smallest absolute Gasteiger partial charge is 0.191 e. The fraction of sp³-hybridized carbons (Fsp3) is 0.667. The minimum Gasteiger partial charge on any atom is -0.382 e. The molecule has 2 rings (SSSR count). The highest BCUT2D eigenvalue weighted by atomic mass is 127. The van der Waals surface area contributed by atoms with E-state index in [0.717, 1.165) is 38.7 Å². The third kappa shape index (κ3) is 7.86. The van der Waals surface area contributed by atoms with E-state index in [-0.39, 0.29) is 24.0 Å². The van der Waals surface area contributed by atoms with Gasteiger partial charge in [0.05, 0.1) is 0 Å². The molecule has 0 unspecified atom stereocenters. The Morgan fingerprint density at radius 1 is 1.15 bits per heavy atom. The van der Waals surface area contributed by atoms with E-state index in [1.165, 1.54) is 36.9 Å². The summed E-state index contributed by atoms with van der Waals surface area (Å²) in [7, 11) is 5.96. The molecule has 0 saturated heterocycles. The Bertz CT molecular complexity index is 554. The number of guanidine groups is 1. The van der Waals surface area contributed by atoms with Crippen molar-refractivity contribution in [2.75, 3.05) is 45.8 Å². The molecule has 0 atom stereocenters. The summed E-state index contributed by atoms with van der Waals surface area (Å²) < 4.78 is 5.61. The minimum absolute atomic E-state index is 0. The van der Waals surface area contributed by atoms with E-state index in [4.69, 9.17) is 4.74 Å². The molecule has 5 nitrogen and oxygen atoms in total. The van der Waals surface area contributed by atoms with Crippen LogP contribution in [-0.2, 0) is 11.3 Å². The molecule has 1 aliphatic carbocycles. The molecule has 6 heteroatoms. The zero-order chi connectivity index (χ0) is 18.8. The molecule has 0 radical (unpaired) electrons. The first kappa shape index (κ1) is 24.0. The topological polar surface area (TPSA) is 48.9 Å². The maximum absolute atomic E-state index is 5.61. The van der Waals surface area contributed by atoms with E-state index < -0.39 is 0 Å². The van der Waals surface area contributed by atoms with Gasteiger partial charge in [-0.15, -0.1) is 24.0 Å². The van der Waals surface area contributed by atoms with Crippen molar-refractivity contribution in [2.24, 2.45) is 10.4 Å². The summed E-state index contributed by atoms with van der Waals surface area (Å²) in [6.45, 7) is 5.48. The van der Waals surface area contributed by atoms with Crippen molar-refractivity contribution in [3.8, 4) is 0 Å². The summed E-state index contributed by atoms with van der Waals surface area (Å²) >= 11 is 0. The van der Waals surface area contributed by atoms with Crippen LogP contribution in [-0.4, -0.2) is 46.9 Å². The van der Waals surface area contributed by atoms with Gasteiger partial charge >= 0.3 is 0 Å². The summed E-state index contributed by atoms with van der Waals surface area (Å²) in [5, 5.41) is 6.99. The van der Waals surface area contributed by atoms with Crippen molar-refractivity contribution < 1.29 is 4.74 Å². The van der Waals surface area contributed by atoms with Gasteiger partial charge < -0.3 is 20.3 Å². The molecule has 2 N–H and O–H groups in total. The average molecular weight is 488 g/mol. The van der Waals surface area contributed by atoms with Crippen LogP contribution in [0.2, 0.25) is 0 Å². The van der Waals surface area contributed by atoms with Crippen LogP contribution in [0.15, 0.2) is 29.3 Å². The van der Waals surface area contributed by atoms with E-state index >= 15 is 0 Å². The van der Waals surface area contributed by atoms with E-state index in [2.05, 4.69) is 65.8 Å². The maximum Gasteiger partial charge on any atom is 0.191 e. The van der Waals surface area contributed by atoms with Gasteiger partial charge in [0.15, 0.2) is 5.96 Å². The van der Waals surface area contributed by atoms with E-state index in [1.807, 2.05) is 7.05 Å². The molecule has 1 fully saturated rings. The predicted octanol–water partition coefficient (Wildman–Crippen LogP) is 4.02. The largest absolute Gasteiger partial charge is 0.382 e. The summed E-state index contributed by atoms with van der Waals surface area (Å²) in [6.07, 6.45) is 6.37. The molecule has 154 valence electrons. The van der Waals surface area contributed by atoms with Crippen LogP contribution < -0.4 is 15.5 Å². The molecular weight excluding hydrogens is 451 g/mol. The summed E-state index contributed by atoms with van der Waals surface area (Å²) in [6, 6.07) is 8.62. The first-order valence-corrected chi connectivity index (χ1v) is 9.87. The zero-order valence-electron chi connectivity index (χ0n) is 17.4. The number of hydrogen-bond acceptors (Lipinski definition) is 3. The Hall–Kier alpha value is -1.02. The molecule has 0 heterocycles. The first-order chi connectivity index (χ1) is 12.6. The van der Waals surface area contributed by atoms with Gasteiger partial charge in [-0.3, -0.25) is 4.99 Å². The number of halogens is 1. The number of anilines is 1. The zero-order valence-corrected chi connectivity index (χ0v) is 19.7. The Balaban J connectivity index is 0.00000364. The number of nitrogens with zero attached hydrogens (tertiary/aromatic N) is 2. The van der Waals surface area contributed by atoms with Gasteiger partial charge in [-0.25, -0.2) is 0 Å². The van der Waals surface area contributed by atoms with Crippen LogP contribution in [0.3, 0.4) is 0 Å². The summed E-state index contributed by atoms with van der Waals surface area (Å²) in [5.74, 6) is 0.879. The Kier molecular flexibility index (Phi) is 11.1. The Labute approximate surface area is 182 Å². The molecule has 1 aromatic carbocycles. The second kappa shape index (κ2) is 12.4. The van der Waals surface area contributed by atoms with Crippen molar-refractivity contribution >= 4 is 35.6 Å². The molecule has 1 saturated carbocycles. The molecule has 0 amide bonds. The molecule has 1 aromatic rings. The Morgan fingerprint density at radius 3 is 2.37 bits per heavy atom. The van der Waals surface area contributed by atoms with Crippen LogP contribution in [0.5, 0.6) is 0 Å². The lowest BCUT2D eigenvalue weighted by Crippen LogP contribution is -2.43. The quantitative estimate of drug-likeness (QED) is 0.239. The highest BCUT2D eigenvalue weighted by molar-refractivity contribution is 14.0. The number of benzene rings is 1. The summed E-state index contributed by atoms with van der Waals surface area (Å²) in [4.78, 5) is 6.50. The third-order valence-corrected chi connectivity index (χ3v) is 5.41. The molecule has 0 aliphatic heterocycles. The van der Waals surface area contributed by atoms with Gasteiger partial charge in [-0.1, -0.05) is 25.0 Å². The Morgan fingerprint density at radius 2 is 1.81 bits per heavy atom. The first-order valence-electron chi connectivity index (χ1n) is 9.87. The minimum atomic E-state index is 0. The lowest BCUT2D eigenvalue weighted by molar-refractivity contribution is 0.105. The molecule has 27 heavy (non-hydrogen) atoms.